The first-order valence-corrected chi connectivity index (χ1v) is 4.73. The first-order chi connectivity index (χ1) is 6.70. The van der Waals surface area contributed by atoms with Gasteiger partial charge in [0.25, 0.3) is 5.92 Å². The molecule has 0 N–H and O–H groups in total. The average molecular weight is 219 g/mol. The molecule has 0 unspecified atom stereocenters. The Kier molecular flexibility index (Phi) is 3.02. The van der Waals surface area contributed by atoms with Crippen LogP contribution in [0.25, 0.3) is 0 Å². The Morgan fingerprint density at radius 1 is 1.47 bits per heavy atom. The van der Waals surface area contributed by atoms with Crippen LogP contribution in [-0.4, -0.2) is 35.6 Å². The Morgan fingerprint density at radius 2 is 2.07 bits per heavy atom. The van der Waals surface area contributed by atoms with Crippen LogP contribution in [0, 0.1) is 0 Å². The molecule has 86 valence electrons. The molecule has 0 fully saturated rings. The molecule has 0 aromatic carbocycles. The maximum absolute atomic E-state index is 12.9. The van der Waals surface area contributed by atoms with Crippen molar-refractivity contribution < 1.29 is 18.3 Å². The van der Waals surface area contributed by atoms with Gasteiger partial charge >= 0.3 is 6.09 Å². The third-order valence-corrected chi connectivity index (χ3v) is 1.74. The van der Waals surface area contributed by atoms with Crippen molar-refractivity contribution >= 4 is 6.09 Å². The van der Waals surface area contributed by atoms with Gasteiger partial charge in [0.05, 0.1) is 6.54 Å². The van der Waals surface area contributed by atoms with E-state index in [4.69, 9.17) is 4.74 Å². The SMILES string of the molecule is CC(C)(C)OC(=O)N1CC=CC(F)(F)C1. The van der Waals surface area contributed by atoms with Crippen molar-refractivity contribution in [3.8, 4) is 0 Å². The Bertz CT molecular complexity index is 282. The smallest absolute Gasteiger partial charge is 0.410 e. The van der Waals surface area contributed by atoms with Crippen LogP contribution in [0.5, 0.6) is 0 Å². The summed E-state index contributed by atoms with van der Waals surface area (Å²) in [6.45, 7) is 4.65. The Labute approximate surface area is 87.7 Å². The van der Waals surface area contributed by atoms with Crippen molar-refractivity contribution in [1.82, 2.24) is 4.90 Å². The number of halogens is 2. The highest BCUT2D eigenvalue weighted by Gasteiger charge is 2.35. The Morgan fingerprint density at radius 3 is 2.53 bits per heavy atom. The molecule has 0 saturated heterocycles. The van der Waals surface area contributed by atoms with Gasteiger partial charge in [-0.25, -0.2) is 13.6 Å². The highest BCUT2D eigenvalue weighted by atomic mass is 19.3. The maximum atomic E-state index is 12.9. The standard InChI is InChI=1S/C10H15F2NO2/c1-9(2,3)15-8(14)13-6-4-5-10(11,12)7-13/h4-5H,6-7H2,1-3H3. The fourth-order valence-electron chi connectivity index (χ4n) is 1.19. The molecular formula is C10H15F2NO2. The summed E-state index contributed by atoms with van der Waals surface area (Å²) in [6, 6.07) is 0. The second-order valence-electron chi connectivity index (χ2n) is 4.52. The summed E-state index contributed by atoms with van der Waals surface area (Å²) in [7, 11) is 0. The number of rotatable bonds is 0. The molecular weight excluding hydrogens is 204 g/mol. The minimum absolute atomic E-state index is 0.171. The monoisotopic (exact) mass is 219 g/mol. The van der Waals surface area contributed by atoms with E-state index in [-0.39, 0.29) is 6.54 Å². The lowest BCUT2D eigenvalue weighted by Gasteiger charge is -2.30. The van der Waals surface area contributed by atoms with Gasteiger partial charge in [-0.3, -0.25) is 4.90 Å². The maximum Gasteiger partial charge on any atom is 0.410 e. The molecule has 0 atom stereocenters. The summed E-state index contributed by atoms with van der Waals surface area (Å²) in [6.07, 6.45) is 1.38. The van der Waals surface area contributed by atoms with E-state index >= 15 is 0 Å². The third-order valence-electron chi connectivity index (χ3n) is 1.74. The van der Waals surface area contributed by atoms with Crippen molar-refractivity contribution in [3.63, 3.8) is 0 Å². The molecule has 0 saturated carbocycles. The molecule has 1 heterocycles. The summed E-state index contributed by atoms with van der Waals surface area (Å²) in [5.74, 6) is -2.95. The molecule has 5 heteroatoms. The Balaban J connectivity index is 2.60. The second-order valence-corrected chi connectivity index (χ2v) is 4.52. The van der Waals surface area contributed by atoms with Gasteiger partial charge in [-0.2, -0.15) is 0 Å². The fraction of sp³-hybridized carbons (Fsp3) is 0.700. The van der Waals surface area contributed by atoms with Gasteiger partial charge in [0.1, 0.15) is 5.60 Å². The van der Waals surface area contributed by atoms with Crippen molar-refractivity contribution in [2.24, 2.45) is 0 Å². The van der Waals surface area contributed by atoms with E-state index < -0.39 is 24.2 Å². The van der Waals surface area contributed by atoms with Crippen molar-refractivity contribution in [2.45, 2.75) is 32.3 Å². The van der Waals surface area contributed by atoms with Crippen LogP contribution in [0.4, 0.5) is 13.6 Å². The predicted octanol–water partition coefficient (Wildman–Crippen LogP) is 2.43. The summed E-state index contributed by atoms with van der Waals surface area (Å²) in [5, 5.41) is 0. The van der Waals surface area contributed by atoms with E-state index in [9.17, 15) is 13.6 Å². The van der Waals surface area contributed by atoms with E-state index in [0.29, 0.717) is 0 Å². The molecule has 1 rings (SSSR count). The molecule has 0 aliphatic carbocycles. The minimum atomic E-state index is -2.95. The zero-order chi connectivity index (χ0) is 11.7. The molecule has 1 aliphatic heterocycles. The molecule has 1 amide bonds. The summed E-state index contributed by atoms with van der Waals surface area (Å²) in [5.41, 5.74) is -0.659. The average Bonchev–Trinajstić information content (AvgIpc) is 1.99. The minimum Gasteiger partial charge on any atom is -0.444 e. The number of alkyl halides is 2. The molecule has 0 aromatic heterocycles. The van der Waals surface area contributed by atoms with E-state index in [0.717, 1.165) is 11.0 Å². The van der Waals surface area contributed by atoms with Crippen LogP contribution in [-0.2, 0) is 4.74 Å². The number of hydrogen-bond acceptors (Lipinski definition) is 2. The first-order valence-electron chi connectivity index (χ1n) is 4.73. The number of carbonyl (C=O) groups excluding carboxylic acids is 1. The summed E-state index contributed by atoms with van der Waals surface area (Å²) < 4.78 is 30.8. The molecule has 0 aromatic rings. The van der Waals surface area contributed by atoms with Crippen LogP contribution in [0.1, 0.15) is 20.8 Å². The number of carbonyl (C=O) groups is 1. The first kappa shape index (κ1) is 11.9. The lowest BCUT2D eigenvalue weighted by molar-refractivity contribution is -0.0162. The Hall–Kier alpha value is -1.13. The zero-order valence-corrected chi connectivity index (χ0v) is 9.09. The zero-order valence-electron chi connectivity index (χ0n) is 9.09. The van der Waals surface area contributed by atoms with E-state index in [1.54, 1.807) is 20.8 Å². The highest BCUT2D eigenvalue weighted by molar-refractivity contribution is 5.68. The molecule has 0 radical (unpaired) electrons. The number of amides is 1. The normalized spacial score (nSPS) is 20.2. The van der Waals surface area contributed by atoms with Gasteiger partial charge in [-0.1, -0.05) is 6.08 Å². The molecule has 3 nitrogen and oxygen atoms in total. The van der Waals surface area contributed by atoms with Crippen LogP contribution in [0.2, 0.25) is 0 Å². The lowest BCUT2D eigenvalue weighted by Crippen LogP contribution is -2.45. The van der Waals surface area contributed by atoms with Gasteiger partial charge in [0.2, 0.25) is 0 Å². The van der Waals surface area contributed by atoms with Crippen LogP contribution >= 0.6 is 0 Å². The van der Waals surface area contributed by atoms with E-state index in [2.05, 4.69) is 0 Å². The molecule has 0 bridgehead atoms. The quantitative estimate of drug-likeness (QED) is 0.585. The van der Waals surface area contributed by atoms with Crippen LogP contribution in [0.15, 0.2) is 12.2 Å². The van der Waals surface area contributed by atoms with Crippen molar-refractivity contribution in [2.75, 3.05) is 13.1 Å². The van der Waals surface area contributed by atoms with Crippen LogP contribution in [0.3, 0.4) is 0 Å². The lowest BCUT2D eigenvalue weighted by atomic mass is 10.2. The largest absolute Gasteiger partial charge is 0.444 e. The van der Waals surface area contributed by atoms with Gasteiger partial charge in [0, 0.05) is 6.54 Å². The van der Waals surface area contributed by atoms with E-state index in [1.807, 2.05) is 0 Å². The van der Waals surface area contributed by atoms with Crippen molar-refractivity contribution in [3.05, 3.63) is 12.2 Å². The molecule has 1 aliphatic rings. The predicted molar refractivity (Wildman–Crippen MR) is 51.9 cm³/mol. The van der Waals surface area contributed by atoms with Gasteiger partial charge in [-0.15, -0.1) is 0 Å². The molecule has 15 heavy (non-hydrogen) atoms. The second kappa shape index (κ2) is 3.79. The third kappa shape index (κ3) is 3.85. The number of ether oxygens (including phenoxy) is 1. The van der Waals surface area contributed by atoms with Crippen LogP contribution < -0.4 is 0 Å². The van der Waals surface area contributed by atoms with Gasteiger partial charge in [-0.05, 0) is 26.8 Å². The van der Waals surface area contributed by atoms with Gasteiger partial charge in [0.15, 0.2) is 0 Å². The topological polar surface area (TPSA) is 29.5 Å². The highest BCUT2D eigenvalue weighted by Crippen LogP contribution is 2.22. The molecule has 0 spiro atoms. The van der Waals surface area contributed by atoms with Gasteiger partial charge < -0.3 is 4.74 Å². The number of hydrogen-bond donors (Lipinski definition) is 0. The van der Waals surface area contributed by atoms with E-state index in [1.165, 1.54) is 6.08 Å². The summed E-state index contributed by atoms with van der Waals surface area (Å²) in [4.78, 5) is 12.4. The summed E-state index contributed by atoms with van der Waals surface area (Å²) >= 11 is 0. The van der Waals surface area contributed by atoms with Crippen molar-refractivity contribution in [1.29, 1.82) is 0 Å². The number of nitrogens with zero attached hydrogens (tertiary/aromatic N) is 1. The fourth-order valence-corrected chi connectivity index (χ4v) is 1.19.